The quantitative estimate of drug-likeness (QED) is 0.699. The molecule has 0 aliphatic heterocycles. The molecule has 6 heteroatoms. The molecule has 2 rings (SSSR count). The summed E-state index contributed by atoms with van der Waals surface area (Å²) >= 11 is 0. The van der Waals surface area contributed by atoms with Crippen LogP contribution >= 0.6 is 0 Å². The summed E-state index contributed by atoms with van der Waals surface area (Å²) in [5.74, 6) is 0.417. The van der Waals surface area contributed by atoms with E-state index < -0.39 is 10.0 Å². The Hall–Kier alpha value is -2.08. The van der Waals surface area contributed by atoms with Gasteiger partial charge in [0.15, 0.2) is 5.78 Å². The number of rotatable bonds is 6. The van der Waals surface area contributed by atoms with Gasteiger partial charge in [-0.1, -0.05) is 31.5 Å². The minimum absolute atomic E-state index is 0.00248. The van der Waals surface area contributed by atoms with E-state index in [-0.39, 0.29) is 28.0 Å². The Balaban J connectivity index is 2.31. The summed E-state index contributed by atoms with van der Waals surface area (Å²) in [6.45, 7) is 13.2. The predicted molar refractivity (Wildman–Crippen MR) is 102 cm³/mol. The minimum atomic E-state index is -3.81. The summed E-state index contributed by atoms with van der Waals surface area (Å²) in [6, 6.07) is 6.25. The van der Waals surface area contributed by atoms with Crippen molar-refractivity contribution in [3.8, 4) is 0 Å². The lowest BCUT2D eigenvalue weighted by Crippen LogP contribution is -2.37. The zero-order chi connectivity index (χ0) is 19.7. The van der Waals surface area contributed by atoms with Crippen molar-refractivity contribution >= 4 is 15.8 Å². The first-order valence-corrected chi connectivity index (χ1v) is 10.1. The number of ketones is 1. The fourth-order valence-electron chi connectivity index (χ4n) is 3.07. The highest BCUT2D eigenvalue weighted by Gasteiger charge is 2.33. The molecule has 0 saturated heterocycles. The molecule has 142 valence electrons. The first kappa shape index (κ1) is 20.2. The fourth-order valence-corrected chi connectivity index (χ4v) is 4.64. The van der Waals surface area contributed by atoms with Crippen LogP contribution in [0.25, 0.3) is 0 Å². The van der Waals surface area contributed by atoms with Crippen LogP contribution in [0.15, 0.2) is 53.5 Å². The van der Waals surface area contributed by atoms with Gasteiger partial charge in [0, 0.05) is 25.0 Å². The molecule has 0 amide bonds. The van der Waals surface area contributed by atoms with E-state index in [4.69, 9.17) is 4.74 Å². The Morgan fingerprint density at radius 3 is 2.27 bits per heavy atom. The number of ether oxygens (including phenoxy) is 1. The molecule has 1 aliphatic rings. The second-order valence-corrected chi connectivity index (χ2v) is 9.61. The first-order chi connectivity index (χ1) is 11.9. The van der Waals surface area contributed by atoms with Crippen LogP contribution in [-0.4, -0.2) is 24.5 Å². The summed E-state index contributed by atoms with van der Waals surface area (Å²) in [6.07, 6.45) is 2.43. The summed E-state index contributed by atoms with van der Waals surface area (Å²) in [7, 11) is -3.81. The molecule has 0 atom stereocenters. The van der Waals surface area contributed by atoms with Gasteiger partial charge in [0.25, 0.3) is 10.0 Å². The average Bonchev–Trinajstić information content (AvgIpc) is 2.44. The maximum absolute atomic E-state index is 13.1. The number of nitrogens with zero attached hydrogens (tertiary/aromatic N) is 1. The molecule has 0 aromatic heterocycles. The third-order valence-corrected chi connectivity index (χ3v) is 6.18. The number of hydrogen-bond donors (Lipinski definition) is 0. The monoisotopic (exact) mass is 377 g/mol. The molecule has 1 aromatic carbocycles. The van der Waals surface area contributed by atoms with Gasteiger partial charge in [-0.15, -0.1) is 0 Å². The van der Waals surface area contributed by atoms with Crippen molar-refractivity contribution in [2.24, 2.45) is 5.41 Å². The summed E-state index contributed by atoms with van der Waals surface area (Å²) < 4.78 is 33.0. The Morgan fingerprint density at radius 2 is 1.77 bits per heavy atom. The standard InChI is InChI=1S/C20H27NO4S/c1-14(2)21(26(23,24)19-9-7-15(3)8-10-19)16(4)25-18-11-17(22)12-20(5,6)13-18/h7-11,14H,4,12-13H2,1-3,5-6H3. The molecule has 0 radical (unpaired) electrons. The largest absolute Gasteiger partial charge is 0.445 e. The van der Waals surface area contributed by atoms with Crippen LogP contribution in [0.1, 0.15) is 46.1 Å². The lowest BCUT2D eigenvalue weighted by molar-refractivity contribution is -0.117. The van der Waals surface area contributed by atoms with Gasteiger partial charge < -0.3 is 4.74 Å². The zero-order valence-corrected chi connectivity index (χ0v) is 16.9. The Morgan fingerprint density at radius 1 is 1.19 bits per heavy atom. The van der Waals surface area contributed by atoms with E-state index in [9.17, 15) is 13.2 Å². The van der Waals surface area contributed by atoms with Crippen molar-refractivity contribution in [2.45, 2.75) is 58.4 Å². The fraction of sp³-hybridized carbons (Fsp3) is 0.450. The van der Waals surface area contributed by atoms with Gasteiger partial charge in [-0.3, -0.25) is 4.79 Å². The van der Waals surface area contributed by atoms with Gasteiger partial charge in [-0.25, -0.2) is 12.7 Å². The van der Waals surface area contributed by atoms with Crippen LogP contribution in [0.5, 0.6) is 0 Å². The third kappa shape index (κ3) is 4.55. The van der Waals surface area contributed by atoms with Gasteiger partial charge in [0.2, 0.25) is 5.88 Å². The lowest BCUT2D eigenvalue weighted by atomic mass is 9.79. The van der Waals surface area contributed by atoms with Crippen LogP contribution in [0.2, 0.25) is 0 Å². The van der Waals surface area contributed by atoms with E-state index in [0.29, 0.717) is 18.6 Å². The molecule has 0 fully saturated rings. The third-order valence-electron chi connectivity index (χ3n) is 4.17. The van der Waals surface area contributed by atoms with E-state index in [1.54, 1.807) is 38.1 Å². The molecule has 0 unspecified atom stereocenters. The van der Waals surface area contributed by atoms with E-state index >= 15 is 0 Å². The van der Waals surface area contributed by atoms with Crippen LogP contribution in [-0.2, 0) is 19.6 Å². The molecular formula is C20H27NO4S. The number of carbonyl (C=O) groups is 1. The second-order valence-electron chi connectivity index (χ2n) is 7.80. The number of sulfonamides is 1. The molecular weight excluding hydrogens is 350 g/mol. The van der Waals surface area contributed by atoms with Crippen molar-refractivity contribution in [2.75, 3.05) is 0 Å². The Bertz CT molecular complexity index is 833. The first-order valence-electron chi connectivity index (χ1n) is 8.64. The molecule has 5 nitrogen and oxygen atoms in total. The second kappa shape index (κ2) is 7.27. The predicted octanol–water partition coefficient (Wildman–Crippen LogP) is 4.15. The molecule has 0 bridgehead atoms. The minimum Gasteiger partial charge on any atom is -0.445 e. The summed E-state index contributed by atoms with van der Waals surface area (Å²) in [4.78, 5) is 12.1. The van der Waals surface area contributed by atoms with Gasteiger partial charge >= 0.3 is 0 Å². The van der Waals surface area contributed by atoms with E-state index in [1.807, 2.05) is 20.8 Å². The zero-order valence-electron chi connectivity index (χ0n) is 16.1. The van der Waals surface area contributed by atoms with Crippen molar-refractivity contribution in [1.82, 2.24) is 4.31 Å². The van der Waals surface area contributed by atoms with Gasteiger partial charge in [-0.05, 0) is 44.9 Å². The van der Waals surface area contributed by atoms with Gasteiger partial charge in [-0.2, -0.15) is 0 Å². The molecule has 26 heavy (non-hydrogen) atoms. The van der Waals surface area contributed by atoms with E-state index in [0.717, 1.165) is 9.87 Å². The molecule has 1 aliphatic carbocycles. The number of allylic oxidation sites excluding steroid dienone is 2. The maximum Gasteiger partial charge on any atom is 0.266 e. The Labute approximate surface area is 156 Å². The van der Waals surface area contributed by atoms with E-state index in [2.05, 4.69) is 6.58 Å². The Kier molecular flexibility index (Phi) is 5.66. The highest BCUT2D eigenvalue weighted by Crippen LogP contribution is 2.35. The van der Waals surface area contributed by atoms with Crippen molar-refractivity contribution in [3.63, 3.8) is 0 Å². The summed E-state index contributed by atoms with van der Waals surface area (Å²) in [5, 5.41) is 0. The molecule has 0 spiro atoms. The van der Waals surface area contributed by atoms with Crippen LogP contribution < -0.4 is 0 Å². The maximum atomic E-state index is 13.1. The van der Waals surface area contributed by atoms with Crippen LogP contribution in [0.3, 0.4) is 0 Å². The highest BCUT2D eigenvalue weighted by atomic mass is 32.2. The van der Waals surface area contributed by atoms with Crippen LogP contribution in [0, 0.1) is 12.3 Å². The average molecular weight is 378 g/mol. The van der Waals surface area contributed by atoms with Gasteiger partial charge in [0.1, 0.15) is 5.76 Å². The normalized spacial score (nSPS) is 17.0. The lowest BCUT2D eigenvalue weighted by Gasteiger charge is -2.33. The number of aryl methyl sites for hydroxylation is 1. The molecule has 1 aromatic rings. The number of benzene rings is 1. The number of carbonyl (C=O) groups excluding carboxylic acids is 1. The number of hydrogen-bond acceptors (Lipinski definition) is 4. The smallest absolute Gasteiger partial charge is 0.266 e. The van der Waals surface area contributed by atoms with E-state index in [1.165, 1.54) is 6.08 Å². The molecule has 0 N–H and O–H groups in total. The van der Waals surface area contributed by atoms with Crippen molar-refractivity contribution < 1.29 is 17.9 Å². The van der Waals surface area contributed by atoms with Crippen LogP contribution in [0.4, 0.5) is 0 Å². The highest BCUT2D eigenvalue weighted by molar-refractivity contribution is 7.89. The van der Waals surface area contributed by atoms with Crippen molar-refractivity contribution in [3.05, 3.63) is 54.1 Å². The molecule has 0 saturated carbocycles. The SMILES string of the molecule is C=C(OC1=CC(=O)CC(C)(C)C1)N(C(C)C)S(=O)(=O)c1ccc(C)cc1. The van der Waals surface area contributed by atoms with Gasteiger partial charge in [0.05, 0.1) is 4.90 Å². The van der Waals surface area contributed by atoms with Crippen molar-refractivity contribution in [1.29, 1.82) is 0 Å². The topological polar surface area (TPSA) is 63.7 Å². The summed E-state index contributed by atoms with van der Waals surface area (Å²) in [5.41, 5.74) is 0.753. The molecule has 0 heterocycles.